The van der Waals surface area contributed by atoms with Crippen LogP contribution in [0.15, 0.2) is 60.4 Å². The van der Waals surface area contributed by atoms with Crippen LogP contribution >= 0.6 is 0 Å². The highest BCUT2D eigenvalue weighted by Gasteiger charge is 2.25. The standard InChI is InChI=1S/C26H31N5O/c1-17-5-6-22-7-8-23(29-10-9-27-18(2)13-29)16-31(22)26(32)12-24(17)21-11-25-20(4)28-19(3)14-30(25)15-21/h6-8,11-12,14-18,27H,5,9-10,13H2,1-4H3. The number of nitrogens with zero attached hydrogens (tertiary/aromatic N) is 4. The first-order valence-electron chi connectivity index (χ1n) is 11.5. The maximum atomic E-state index is 13.4. The number of rotatable bonds is 2. The fourth-order valence-corrected chi connectivity index (χ4v) is 4.94. The van der Waals surface area contributed by atoms with Gasteiger partial charge in [0.05, 0.1) is 22.6 Å². The van der Waals surface area contributed by atoms with E-state index in [0.717, 1.165) is 65.5 Å². The van der Waals surface area contributed by atoms with E-state index in [1.807, 2.05) is 32.3 Å². The molecule has 5 rings (SSSR count). The number of aryl methyl sites for hydroxylation is 2. The molecule has 0 bridgehead atoms. The van der Waals surface area contributed by atoms with Gasteiger partial charge >= 0.3 is 0 Å². The molecule has 32 heavy (non-hydrogen) atoms. The lowest BCUT2D eigenvalue weighted by Gasteiger charge is -2.36. The van der Waals surface area contributed by atoms with Crippen LogP contribution in [0.1, 0.15) is 37.2 Å². The molecular formula is C26H31N5O. The number of carbonyl (C=O) groups is 1. The summed E-state index contributed by atoms with van der Waals surface area (Å²) in [6.45, 7) is 11.3. The van der Waals surface area contributed by atoms with E-state index < -0.39 is 0 Å². The molecule has 0 aromatic carbocycles. The molecule has 6 nitrogen and oxygen atoms in total. The molecule has 3 aliphatic rings. The van der Waals surface area contributed by atoms with Gasteiger partial charge in [-0.3, -0.25) is 14.7 Å². The highest BCUT2D eigenvalue weighted by atomic mass is 16.2. The Hall–Kier alpha value is -3.12. The molecule has 3 aliphatic heterocycles. The highest BCUT2D eigenvalue weighted by molar-refractivity contribution is 5.98. The van der Waals surface area contributed by atoms with Crippen molar-refractivity contribution in [3.05, 3.63) is 77.3 Å². The summed E-state index contributed by atoms with van der Waals surface area (Å²) in [6.07, 6.45) is 15.3. The summed E-state index contributed by atoms with van der Waals surface area (Å²) in [5.41, 5.74) is 7.29. The summed E-state index contributed by atoms with van der Waals surface area (Å²) >= 11 is 0. The molecule has 0 spiro atoms. The van der Waals surface area contributed by atoms with E-state index >= 15 is 0 Å². The van der Waals surface area contributed by atoms with Crippen LogP contribution in [0.25, 0.3) is 11.1 Å². The summed E-state index contributed by atoms with van der Waals surface area (Å²) in [4.78, 5) is 22.2. The van der Waals surface area contributed by atoms with Gasteiger partial charge in [-0.25, -0.2) is 0 Å². The fourth-order valence-electron chi connectivity index (χ4n) is 4.94. The summed E-state index contributed by atoms with van der Waals surface area (Å²) in [5, 5.41) is 3.48. The van der Waals surface area contributed by atoms with E-state index in [-0.39, 0.29) is 11.8 Å². The zero-order valence-electron chi connectivity index (χ0n) is 19.3. The fraction of sp³-hybridized carbons (Fsp3) is 0.385. The topological polar surface area (TPSA) is 52.9 Å². The monoisotopic (exact) mass is 429 g/mol. The maximum Gasteiger partial charge on any atom is 0.255 e. The van der Waals surface area contributed by atoms with Crippen molar-refractivity contribution in [2.75, 3.05) is 19.6 Å². The SMILES string of the molecule is Cc1cn2cc(C3=CC(=O)N4C=C(N5CCNC(C)C5)C=CC4=CCC3C)cc2c(C)n1. The smallest absolute Gasteiger partial charge is 0.255 e. The van der Waals surface area contributed by atoms with Crippen LogP contribution in [0.5, 0.6) is 0 Å². The van der Waals surface area contributed by atoms with Gasteiger partial charge in [0, 0.05) is 56.0 Å². The summed E-state index contributed by atoms with van der Waals surface area (Å²) < 4.78 is 2.12. The van der Waals surface area contributed by atoms with Gasteiger partial charge in [-0.1, -0.05) is 13.0 Å². The lowest BCUT2D eigenvalue weighted by molar-refractivity contribution is -0.122. The minimum absolute atomic E-state index is 0.00381. The van der Waals surface area contributed by atoms with Crippen molar-refractivity contribution in [1.82, 2.24) is 24.5 Å². The molecule has 2 atom stereocenters. The molecule has 2 unspecified atom stereocenters. The van der Waals surface area contributed by atoms with E-state index in [4.69, 9.17) is 0 Å². The molecule has 2 aromatic heterocycles. The van der Waals surface area contributed by atoms with Gasteiger partial charge in [-0.05, 0) is 62.5 Å². The average Bonchev–Trinajstić information content (AvgIpc) is 3.18. The van der Waals surface area contributed by atoms with Gasteiger partial charge < -0.3 is 14.6 Å². The number of fused-ring (bicyclic) bond motifs is 2. The van der Waals surface area contributed by atoms with E-state index in [2.05, 4.69) is 63.9 Å². The number of piperazine rings is 1. The molecule has 1 amide bonds. The van der Waals surface area contributed by atoms with E-state index in [0.29, 0.717) is 6.04 Å². The molecule has 2 aromatic rings. The lowest BCUT2D eigenvalue weighted by Crippen LogP contribution is -2.48. The van der Waals surface area contributed by atoms with Crippen molar-refractivity contribution in [3.63, 3.8) is 0 Å². The Kier molecular flexibility index (Phi) is 5.25. The van der Waals surface area contributed by atoms with Crippen LogP contribution in [-0.4, -0.2) is 50.8 Å². The maximum absolute atomic E-state index is 13.4. The summed E-state index contributed by atoms with van der Waals surface area (Å²) in [7, 11) is 0. The lowest BCUT2D eigenvalue weighted by atomic mass is 9.90. The first-order chi connectivity index (χ1) is 15.4. The Morgan fingerprint density at radius 3 is 2.75 bits per heavy atom. The van der Waals surface area contributed by atoms with Crippen LogP contribution in [0.3, 0.4) is 0 Å². The highest BCUT2D eigenvalue weighted by Crippen LogP contribution is 2.33. The Labute approximate surface area is 189 Å². The molecule has 1 saturated heterocycles. The van der Waals surface area contributed by atoms with Crippen molar-refractivity contribution in [2.24, 2.45) is 5.92 Å². The summed E-state index contributed by atoms with van der Waals surface area (Å²) in [5.74, 6) is 0.247. The minimum Gasteiger partial charge on any atom is -0.368 e. The normalized spacial score (nSPS) is 24.0. The molecule has 0 aliphatic carbocycles. The third-order valence-corrected chi connectivity index (χ3v) is 6.65. The van der Waals surface area contributed by atoms with Gasteiger partial charge in [-0.2, -0.15) is 0 Å². The molecule has 0 radical (unpaired) electrons. The van der Waals surface area contributed by atoms with Crippen LogP contribution in [0.4, 0.5) is 0 Å². The van der Waals surface area contributed by atoms with Crippen molar-refractivity contribution in [3.8, 4) is 0 Å². The van der Waals surface area contributed by atoms with Crippen molar-refractivity contribution in [1.29, 1.82) is 0 Å². The number of nitrogens with one attached hydrogen (secondary N) is 1. The van der Waals surface area contributed by atoms with Crippen molar-refractivity contribution in [2.45, 2.75) is 40.2 Å². The van der Waals surface area contributed by atoms with Gasteiger partial charge in [0.2, 0.25) is 0 Å². The molecule has 5 heterocycles. The molecule has 0 saturated carbocycles. The Morgan fingerprint density at radius 1 is 1.12 bits per heavy atom. The molecule has 1 N–H and O–H groups in total. The number of aromatic nitrogens is 2. The van der Waals surface area contributed by atoms with Gasteiger partial charge in [0.25, 0.3) is 5.91 Å². The third-order valence-electron chi connectivity index (χ3n) is 6.65. The number of hydrogen-bond donors (Lipinski definition) is 1. The Balaban J connectivity index is 1.49. The van der Waals surface area contributed by atoms with Crippen LogP contribution < -0.4 is 5.32 Å². The second kappa shape index (κ2) is 8.10. The number of carbonyl (C=O) groups excluding carboxylic acids is 1. The van der Waals surface area contributed by atoms with E-state index in [1.165, 1.54) is 0 Å². The number of hydrogen-bond acceptors (Lipinski definition) is 4. The summed E-state index contributed by atoms with van der Waals surface area (Å²) in [6, 6.07) is 2.60. The van der Waals surface area contributed by atoms with E-state index in [1.54, 1.807) is 4.90 Å². The van der Waals surface area contributed by atoms with E-state index in [9.17, 15) is 4.79 Å². The first kappa shape index (κ1) is 20.8. The zero-order valence-corrected chi connectivity index (χ0v) is 19.3. The van der Waals surface area contributed by atoms with Gasteiger partial charge in [0.15, 0.2) is 0 Å². The average molecular weight is 430 g/mol. The molecular weight excluding hydrogens is 398 g/mol. The first-order valence-corrected chi connectivity index (χ1v) is 11.5. The third kappa shape index (κ3) is 3.79. The largest absolute Gasteiger partial charge is 0.368 e. The van der Waals surface area contributed by atoms with Crippen LogP contribution in [0.2, 0.25) is 0 Å². The van der Waals surface area contributed by atoms with Crippen LogP contribution in [-0.2, 0) is 4.79 Å². The predicted octanol–water partition coefficient (Wildman–Crippen LogP) is 3.79. The molecule has 166 valence electrons. The second-order valence-corrected chi connectivity index (χ2v) is 9.25. The zero-order chi connectivity index (χ0) is 22.4. The van der Waals surface area contributed by atoms with Crippen LogP contribution in [0, 0.1) is 19.8 Å². The number of amides is 1. The molecule has 6 heteroatoms. The van der Waals surface area contributed by atoms with Crippen molar-refractivity contribution >= 4 is 17.0 Å². The predicted molar refractivity (Wildman–Crippen MR) is 128 cm³/mol. The molecule has 1 fully saturated rings. The quantitative estimate of drug-likeness (QED) is 0.789. The minimum atomic E-state index is 0.00381. The Bertz CT molecular complexity index is 1200. The van der Waals surface area contributed by atoms with Crippen molar-refractivity contribution < 1.29 is 4.79 Å². The Morgan fingerprint density at radius 2 is 1.94 bits per heavy atom. The number of allylic oxidation sites excluding steroid dienone is 4. The van der Waals surface area contributed by atoms with Gasteiger partial charge in [0.1, 0.15) is 0 Å². The second-order valence-electron chi connectivity index (χ2n) is 9.25. The van der Waals surface area contributed by atoms with Gasteiger partial charge in [-0.15, -0.1) is 0 Å².